The van der Waals surface area contributed by atoms with Crippen LogP contribution in [0.2, 0.25) is 0 Å². The Balaban J connectivity index is 1.42. The largest absolute Gasteiger partial charge is 0.495 e. The van der Waals surface area contributed by atoms with Crippen LogP contribution in [0.25, 0.3) is 17.8 Å². The second kappa shape index (κ2) is 8.34. The zero-order valence-corrected chi connectivity index (χ0v) is 18.3. The number of fused-ring (bicyclic) bond motifs is 1. The number of aromatic nitrogens is 5. The molecule has 7 heteroatoms. The van der Waals surface area contributed by atoms with Gasteiger partial charge in [0.15, 0.2) is 5.82 Å². The maximum absolute atomic E-state index is 6.24. The summed E-state index contributed by atoms with van der Waals surface area (Å²) in [5.41, 5.74) is 11.1. The van der Waals surface area contributed by atoms with Gasteiger partial charge in [0, 0.05) is 24.3 Å². The lowest BCUT2D eigenvalue weighted by molar-refractivity contribution is 0.413. The third-order valence-electron chi connectivity index (χ3n) is 5.88. The Morgan fingerprint density at radius 1 is 1.16 bits per heavy atom. The number of benzene rings is 2. The molecule has 2 aromatic carbocycles. The molecule has 4 aromatic rings. The maximum atomic E-state index is 6.24. The van der Waals surface area contributed by atoms with Crippen LogP contribution in [-0.4, -0.2) is 31.4 Å². The van der Waals surface area contributed by atoms with Gasteiger partial charge in [-0.25, -0.2) is 14.6 Å². The van der Waals surface area contributed by atoms with Gasteiger partial charge in [-0.2, -0.15) is 5.10 Å². The predicted octanol–water partition coefficient (Wildman–Crippen LogP) is 4.46. The van der Waals surface area contributed by atoms with Gasteiger partial charge in [0.05, 0.1) is 24.8 Å². The Kier molecular flexibility index (Phi) is 5.23. The Morgan fingerprint density at radius 2 is 2.03 bits per heavy atom. The van der Waals surface area contributed by atoms with E-state index >= 15 is 0 Å². The van der Waals surface area contributed by atoms with Crippen molar-refractivity contribution in [3.63, 3.8) is 0 Å². The van der Waals surface area contributed by atoms with E-state index in [0.29, 0.717) is 5.82 Å². The van der Waals surface area contributed by atoms with Gasteiger partial charge in [0.25, 0.3) is 0 Å². The Bertz CT molecular complexity index is 1290. The van der Waals surface area contributed by atoms with Crippen molar-refractivity contribution >= 4 is 17.8 Å². The minimum atomic E-state index is 0.178. The zero-order chi connectivity index (χ0) is 22.1. The molecule has 1 aliphatic rings. The number of hydrogen-bond acceptors (Lipinski definition) is 5. The summed E-state index contributed by atoms with van der Waals surface area (Å²) in [6.45, 7) is 2.85. The number of nitrogens with zero attached hydrogens (tertiary/aromatic N) is 5. The summed E-state index contributed by atoms with van der Waals surface area (Å²) in [4.78, 5) is 9.14. The van der Waals surface area contributed by atoms with Gasteiger partial charge in [-0.3, -0.25) is 0 Å². The number of anilines is 1. The van der Waals surface area contributed by atoms with Crippen LogP contribution in [0.3, 0.4) is 0 Å². The van der Waals surface area contributed by atoms with Crippen LogP contribution >= 0.6 is 0 Å². The monoisotopic (exact) mass is 426 g/mol. The Morgan fingerprint density at radius 3 is 2.81 bits per heavy atom. The number of hydrogen-bond donors (Lipinski definition) is 1. The maximum Gasteiger partial charge on any atom is 0.174 e. The summed E-state index contributed by atoms with van der Waals surface area (Å²) in [6, 6.07) is 14.1. The van der Waals surface area contributed by atoms with Gasteiger partial charge in [-0.15, -0.1) is 0 Å². The van der Waals surface area contributed by atoms with Gasteiger partial charge >= 0.3 is 0 Å². The second-order valence-electron chi connectivity index (χ2n) is 8.06. The third kappa shape index (κ3) is 3.77. The standard InChI is InChI=1S/C25H26N6O/c1-17-15-30(16-27-17)22-11-9-18(14-23(22)32-2)10-12-24-28-25-20(7-5-13-31(25)29-24)19-6-3-4-8-21(19)26/h3-4,6,8-12,14-16,20H,5,7,13,26H2,1-2H3. The molecule has 2 N–H and O–H groups in total. The minimum absolute atomic E-state index is 0.178. The van der Waals surface area contributed by atoms with Crippen molar-refractivity contribution in [1.29, 1.82) is 0 Å². The summed E-state index contributed by atoms with van der Waals surface area (Å²) in [7, 11) is 1.68. The fourth-order valence-corrected chi connectivity index (χ4v) is 4.30. The SMILES string of the molecule is COc1cc(C=Cc2nc3n(n2)CCCC3c2ccccc2N)ccc1-n1cnc(C)c1. The van der Waals surface area contributed by atoms with Crippen molar-refractivity contribution in [2.75, 3.05) is 12.8 Å². The molecule has 0 fully saturated rings. The number of ether oxygens (including phenoxy) is 1. The molecule has 32 heavy (non-hydrogen) atoms. The lowest BCUT2D eigenvalue weighted by Gasteiger charge is -2.23. The van der Waals surface area contributed by atoms with Gasteiger partial charge < -0.3 is 15.0 Å². The van der Waals surface area contributed by atoms with Crippen molar-refractivity contribution in [2.45, 2.75) is 32.2 Å². The predicted molar refractivity (Wildman–Crippen MR) is 126 cm³/mol. The number of para-hydroxylation sites is 1. The quantitative estimate of drug-likeness (QED) is 0.477. The van der Waals surface area contributed by atoms with E-state index in [-0.39, 0.29) is 5.92 Å². The van der Waals surface area contributed by atoms with E-state index in [9.17, 15) is 0 Å². The van der Waals surface area contributed by atoms with Gasteiger partial charge in [0.2, 0.25) is 0 Å². The lowest BCUT2D eigenvalue weighted by Crippen LogP contribution is -2.18. The van der Waals surface area contributed by atoms with Crippen LogP contribution in [0.4, 0.5) is 5.69 Å². The third-order valence-corrected chi connectivity index (χ3v) is 5.88. The molecule has 3 heterocycles. The molecular weight excluding hydrogens is 400 g/mol. The number of rotatable bonds is 5. The summed E-state index contributed by atoms with van der Waals surface area (Å²) in [5, 5.41) is 4.72. The van der Waals surface area contributed by atoms with Gasteiger partial charge in [0.1, 0.15) is 11.6 Å². The first-order valence-electron chi connectivity index (χ1n) is 10.8. The number of methoxy groups -OCH3 is 1. The van der Waals surface area contributed by atoms with E-state index < -0.39 is 0 Å². The number of imidazole rings is 1. The number of nitrogens with two attached hydrogens (primary N) is 1. The highest BCUT2D eigenvalue weighted by Crippen LogP contribution is 2.35. The highest BCUT2D eigenvalue weighted by Gasteiger charge is 2.26. The molecule has 2 aromatic heterocycles. The van der Waals surface area contributed by atoms with Crippen molar-refractivity contribution < 1.29 is 4.74 Å². The first-order valence-corrected chi connectivity index (χ1v) is 10.8. The summed E-state index contributed by atoms with van der Waals surface area (Å²) in [6.07, 6.45) is 9.82. The normalized spacial score (nSPS) is 15.8. The first-order chi connectivity index (χ1) is 15.6. The first kappa shape index (κ1) is 20.1. The van der Waals surface area contributed by atoms with Crippen LogP contribution < -0.4 is 10.5 Å². The van der Waals surface area contributed by atoms with E-state index in [2.05, 4.69) is 11.1 Å². The van der Waals surface area contributed by atoms with Crippen molar-refractivity contribution in [1.82, 2.24) is 24.3 Å². The molecule has 162 valence electrons. The van der Waals surface area contributed by atoms with Crippen molar-refractivity contribution in [3.8, 4) is 11.4 Å². The molecule has 5 rings (SSSR count). The van der Waals surface area contributed by atoms with Crippen LogP contribution in [0.1, 0.15) is 47.2 Å². The van der Waals surface area contributed by atoms with Crippen LogP contribution in [0, 0.1) is 6.92 Å². The van der Waals surface area contributed by atoms with Gasteiger partial charge in [-0.05, 0) is 55.2 Å². The second-order valence-corrected chi connectivity index (χ2v) is 8.06. The van der Waals surface area contributed by atoms with Crippen LogP contribution in [-0.2, 0) is 6.54 Å². The number of aryl methyl sites for hydroxylation is 2. The summed E-state index contributed by atoms with van der Waals surface area (Å²) >= 11 is 0. The Labute approximate surface area is 187 Å². The highest BCUT2D eigenvalue weighted by atomic mass is 16.5. The lowest BCUT2D eigenvalue weighted by atomic mass is 9.90. The molecule has 0 spiro atoms. The highest BCUT2D eigenvalue weighted by molar-refractivity contribution is 5.69. The molecule has 0 saturated carbocycles. The smallest absolute Gasteiger partial charge is 0.174 e. The molecule has 1 aliphatic heterocycles. The molecule has 0 saturated heterocycles. The van der Waals surface area contributed by atoms with Crippen LogP contribution in [0.15, 0.2) is 55.0 Å². The van der Waals surface area contributed by atoms with E-state index in [1.165, 1.54) is 0 Å². The molecule has 7 nitrogen and oxygen atoms in total. The number of nitrogen functional groups attached to an aromatic ring is 1. The topological polar surface area (TPSA) is 83.8 Å². The molecular formula is C25H26N6O. The molecule has 0 amide bonds. The van der Waals surface area contributed by atoms with E-state index in [4.69, 9.17) is 20.6 Å². The van der Waals surface area contributed by atoms with Crippen molar-refractivity contribution in [3.05, 3.63) is 83.5 Å². The van der Waals surface area contributed by atoms with E-state index in [1.807, 2.05) is 70.9 Å². The average Bonchev–Trinajstić information content (AvgIpc) is 3.43. The van der Waals surface area contributed by atoms with Crippen LogP contribution in [0.5, 0.6) is 5.75 Å². The zero-order valence-electron chi connectivity index (χ0n) is 18.3. The molecule has 0 radical (unpaired) electrons. The fourth-order valence-electron chi connectivity index (χ4n) is 4.30. The summed E-state index contributed by atoms with van der Waals surface area (Å²) < 4.78 is 9.59. The molecule has 1 atom stereocenters. The summed E-state index contributed by atoms with van der Waals surface area (Å²) in [5.74, 6) is 2.64. The average molecular weight is 427 g/mol. The van der Waals surface area contributed by atoms with E-state index in [1.54, 1.807) is 13.4 Å². The Hall–Kier alpha value is -3.87. The fraction of sp³-hybridized carbons (Fsp3) is 0.240. The molecule has 0 bridgehead atoms. The molecule has 0 aliphatic carbocycles. The van der Waals surface area contributed by atoms with Gasteiger partial charge in [-0.1, -0.05) is 30.3 Å². The minimum Gasteiger partial charge on any atom is -0.495 e. The van der Waals surface area contributed by atoms with Crippen molar-refractivity contribution in [2.24, 2.45) is 0 Å². The molecule has 1 unspecified atom stereocenters. The van der Waals surface area contributed by atoms with E-state index in [0.717, 1.165) is 59.2 Å².